The monoisotopic (exact) mass is 335 g/mol. The Morgan fingerprint density at radius 1 is 1.20 bits per heavy atom. The van der Waals surface area contributed by atoms with Crippen molar-refractivity contribution in [1.82, 2.24) is 4.90 Å². The third kappa shape index (κ3) is 2.67. The largest absolute Gasteiger partial charge is 0.347 e. The lowest BCUT2D eigenvalue weighted by Gasteiger charge is -2.20. The van der Waals surface area contributed by atoms with Gasteiger partial charge in [-0.2, -0.15) is 0 Å². The first-order valence-electron chi connectivity index (χ1n) is 7.88. The number of rotatable bonds is 3. The molecular formula is C20H18FN3O. The fourth-order valence-corrected chi connectivity index (χ4v) is 2.87. The second-order valence-corrected chi connectivity index (χ2v) is 5.82. The lowest BCUT2D eigenvalue weighted by Crippen LogP contribution is -2.22. The van der Waals surface area contributed by atoms with Crippen molar-refractivity contribution in [2.45, 2.75) is 6.92 Å². The van der Waals surface area contributed by atoms with Gasteiger partial charge in [-0.1, -0.05) is 43.0 Å². The smallest absolute Gasteiger partial charge is 0.226 e. The molecule has 3 rings (SSSR count). The maximum absolute atomic E-state index is 14.6. The van der Waals surface area contributed by atoms with Crippen LogP contribution < -0.4 is 0 Å². The normalized spacial score (nSPS) is 17.0. The molecule has 4 nitrogen and oxygen atoms in total. The van der Waals surface area contributed by atoms with Gasteiger partial charge in [0.1, 0.15) is 17.2 Å². The van der Waals surface area contributed by atoms with Crippen LogP contribution in [0.1, 0.15) is 22.8 Å². The third-order valence-electron chi connectivity index (χ3n) is 4.02. The Bertz CT molecular complexity index is 930. The lowest BCUT2D eigenvalue weighted by atomic mass is 9.83. The van der Waals surface area contributed by atoms with Gasteiger partial charge in [0.15, 0.2) is 5.78 Å². The molecule has 1 aliphatic heterocycles. The van der Waals surface area contributed by atoms with Crippen LogP contribution in [0.25, 0.3) is 0 Å². The number of aliphatic imine (C=N–C) groups is 2. The predicted molar refractivity (Wildman–Crippen MR) is 98.6 cm³/mol. The van der Waals surface area contributed by atoms with E-state index in [0.717, 1.165) is 5.56 Å². The molecule has 0 saturated carbocycles. The predicted octanol–water partition coefficient (Wildman–Crippen LogP) is 3.84. The molecule has 2 aliphatic rings. The Morgan fingerprint density at radius 3 is 2.48 bits per heavy atom. The van der Waals surface area contributed by atoms with Gasteiger partial charge in [-0.15, -0.1) is 0 Å². The standard InChI is InChI=1S/C20H18FN3O/c1-5-9-15(21)12(6-2)16-18-17(22-20(23-18)24(3)4)13-10-7-8-11-14(13)19(16)25/h5-11H,1H2,2-4H3/b12-6+,15-9+. The summed E-state index contributed by atoms with van der Waals surface area (Å²) in [6.07, 6.45) is 4.16. The molecule has 1 aromatic rings. The molecule has 0 spiro atoms. The number of Topliss-reactive ketones (excluding diaryl/α,β-unsaturated/α-hetero) is 1. The lowest BCUT2D eigenvalue weighted by molar-refractivity contribution is 0.103. The van der Waals surface area contributed by atoms with Crippen molar-refractivity contribution in [3.05, 3.63) is 82.9 Å². The van der Waals surface area contributed by atoms with Crippen LogP contribution in [0.15, 0.2) is 81.7 Å². The third-order valence-corrected chi connectivity index (χ3v) is 4.02. The van der Waals surface area contributed by atoms with E-state index in [1.54, 1.807) is 30.0 Å². The number of hydrogen-bond acceptors (Lipinski definition) is 4. The summed E-state index contributed by atoms with van der Waals surface area (Å²) in [6.45, 7) is 5.21. The molecule has 0 aromatic heterocycles. The van der Waals surface area contributed by atoms with Gasteiger partial charge in [-0.25, -0.2) is 14.4 Å². The van der Waals surface area contributed by atoms with Crippen LogP contribution in [0.2, 0.25) is 0 Å². The summed E-state index contributed by atoms with van der Waals surface area (Å²) in [5.41, 5.74) is 2.65. The summed E-state index contributed by atoms with van der Waals surface area (Å²) < 4.78 is 14.6. The maximum atomic E-state index is 14.6. The van der Waals surface area contributed by atoms with E-state index in [-0.39, 0.29) is 16.9 Å². The molecule has 126 valence electrons. The Balaban J connectivity index is 2.31. The SMILES string of the molecule is C=C/C=C(F)\C(=C/C)C1=C2N=C(N(C)C)N=C2c2ccccc2C1=O. The van der Waals surface area contributed by atoms with Crippen LogP contribution in [0.4, 0.5) is 4.39 Å². The quantitative estimate of drug-likeness (QED) is 0.788. The molecule has 0 bridgehead atoms. The Hall–Kier alpha value is -3.08. The van der Waals surface area contributed by atoms with Crippen LogP contribution >= 0.6 is 0 Å². The second kappa shape index (κ2) is 6.43. The molecule has 1 aliphatic carbocycles. The van der Waals surface area contributed by atoms with E-state index >= 15 is 0 Å². The first-order chi connectivity index (χ1) is 12.0. The van der Waals surface area contributed by atoms with Gasteiger partial charge in [0.05, 0.1) is 5.57 Å². The van der Waals surface area contributed by atoms with Gasteiger partial charge < -0.3 is 4.90 Å². The molecule has 0 N–H and O–H groups in total. The first-order valence-corrected chi connectivity index (χ1v) is 7.88. The van der Waals surface area contributed by atoms with Crippen molar-refractivity contribution in [1.29, 1.82) is 0 Å². The number of fused-ring (bicyclic) bond motifs is 3. The van der Waals surface area contributed by atoms with E-state index < -0.39 is 5.83 Å². The fourth-order valence-electron chi connectivity index (χ4n) is 2.87. The van der Waals surface area contributed by atoms with Gasteiger partial charge >= 0.3 is 0 Å². The highest BCUT2D eigenvalue weighted by Crippen LogP contribution is 2.36. The topological polar surface area (TPSA) is 45.0 Å². The van der Waals surface area contributed by atoms with E-state index in [1.807, 2.05) is 26.2 Å². The van der Waals surface area contributed by atoms with Crippen LogP contribution in [0.3, 0.4) is 0 Å². The first kappa shape index (κ1) is 16.8. The van der Waals surface area contributed by atoms with E-state index in [4.69, 9.17) is 0 Å². The molecule has 1 aromatic carbocycles. The summed E-state index contributed by atoms with van der Waals surface area (Å²) in [6, 6.07) is 7.20. The summed E-state index contributed by atoms with van der Waals surface area (Å²) in [5, 5.41) is 0. The van der Waals surface area contributed by atoms with E-state index in [2.05, 4.69) is 16.6 Å². The molecule has 0 unspecified atom stereocenters. The zero-order chi connectivity index (χ0) is 18.1. The summed E-state index contributed by atoms with van der Waals surface area (Å²) in [4.78, 5) is 23.9. The van der Waals surface area contributed by atoms with E-state index in [1.165, 1.54) is 12.2 Å². The van der Waals surface area contributed by atoms with Crippen molar-refractivity contribution in [2.24, 2.45) is 9.98 Å². The number of carbonyl (C=O) groups is 1. The van der Waals surface area contributed by atoms with E-state index in [9.17, 15) is 9.18 Å². The molecule has 0 amide bonds. The second-order valence-electron chi connectivity index (χ2n) is 5.82. The van der Waals surface area contributed by atoms with E-state index in [0.29, 0.717) is 22.9 Å². The Kier molecular flexibility index (Phi) is 4.31. The number of nitrogens with zero attached hydrogens (tertiary/aromatic N) is 3. The van der Waals surface area contributed by atoms with Crippen LogP contribution in [0, 0.1) is 0 Å². The highest BCUT2D eigenvalue weighted by molar-refractivity contribution is 6.33. The number of ketones is 1. The molecular weight excluding hydrogens is 317 g/mol. The number of benzene rings is 1. The van der Waals surface area contributed by atoms with Gasteiger partial charge in [0.2, 0.25) is 5.96 Å². The highest BCUT2D eigenvalue weighted by atomic mass is 19.1. The minimum absolute atomic E-state index is 0.200. The molecule has 1 heterocycles. The number of guanidine groups is 1. The van der Waals surface area contributed by atoms with Crippen molar-refractivity contribution in [3.63, 3.8) is 0 Å². The maximum Gasteiger partial charge on any atom is 0.226 e. The van der Waals surface area contributed by atoms with Crippen molar-refractivity contribution < 1.29 is 9.18 Å². The van der Waals surface area contributed by atoms with Crippen molar-refractivity contribution >= 4 is 17.5 Å². The minimum Gasteiger partial charge on any atom is -0.347 e. The van der Waals surface area contributed by atoms with Crippen LogP contribution in [-0.4, -0.2) is 36.4 Å². The number of hydrogen-bond donors (Lipinski definition) is 0. The van der Waals surface area contributed by atoms with Gasteiger partial charge in [0, 0.05) is 30.8 Å². The molecule has 0 atom stereocenters. The molecule has 5 heteroatoms. The van der Waals surface area contributed by atoms with Crippen molar-refractivity contribution in [3.8, 4) is 0 Å². The zero-order valence-corrected chi connectivity index (χ0v) is 14.4. The molecule has 25 heavy (non-hydrogen) atoms. The van der Waals surface area contributed by atoms with Gasteiger partial charge in [0.25, 0.3) is 0 Å². The minimum atomic E-state index is -0.527. The average molecular weight is 335 g/mol. The highest BCUT2D eigenvalue weighted by Gasteiger charge is 2.36. The summed E-state index contributed by atoms with van der Waals surface area (Å²) >= 11 is 0. The summed E-state index contributed by atoms with van der Waals surface area (Å²) in [7, 11) is 3.64. The number of carbonyl (C=O) groups excluding carboxylic acids is 1. The Labute approximate surface area is 146 Å². The zero-order valence-electron chi connectivity index (χ0n) is 14.4. The molecule has 0 radical (unpaired) electrons. The van der Waals surface area contributed by atoms with Gasteiger partial charge in [-0.3, -0.25) is 4.79 Å². The molecule has 0 saturated heterocycles. The molecule has 0 fully saturated rings. The average Bonchev–Trinajstić information content (AvgIpc) is 3.04. The summed E-state index contributed by atoms with van der Waals surface area (Å²) in [5.74, 6) is -0.301. The van der Waals surface area contributed by atoms with Gasteiger partial charge in [-0.05, 0) is 13.0 Å². The number of allylic oxidation sites excluding steroid dienone is 7. The van der Waals surface area contributed by atoms with Crippen LogP contribution in [0.5, 0.6) is 0 Å². The Morgan fingerprint density at radius 2 is 1.88 bits per heavy atom. The van der Waals surface area contributed by atoms with Crippen molar-refractivity contribution in [2.75, 3.05) is 14.1 Å². The van der Waals surface area contributed by atoms with Crippen LogP contribution in [-0.2, 0) is 0 Å². The number of halogens is 1. The fraction of sp³-hybridized carbons (Fsp3) is 0.150.